The number of esters is 1. The van der Waals surface area contributed by atoms with E-state index in [0.717, 1.165) is 0 Å². The van der Waals surface area contributed by atoms with E-state index in [4.69, 9.17) is 16.8 Å². The van der Waals surface area contributed by atoms with Crippen LogP contribution in [0.25, 0.3) is 0 Å². The lowest BCUT2D eigenvalue weighted by Crippen LogP contribution is -2.18. The molecule has 0 aliphatic rings. The number of carbonyl (C=O) groups excluding carboxylic acids is 1. The lowest BCUT2D eigenvalue weighted by Gasteiger charge is -2.01. The first kappa shape index (κ1) is 10.5. The van der Waals surface area contributed by atoms with Crippen molar-refractivity contribution in [2.24, 2.45) is 5.16 Å². The van der Waals surface area contributed by atoms with Gasteiger partial charge in [0, 0.05) is 11.2 Å². The number of halogens is 1. The average molecular weight is 215 g/mol. The zero-order valence-electron chi connectivity index (χ0n) is 7.27. The number of carbonyl (C=O) groups is 1. The minimum Gasteiger partial charge on any atom is -0.464 e. The summed E-state index contributed by atoms with van der Waals surface area (Å²) in [5.74, 6) is -0.776. The Labute approximate surface area is 85.0 Å². The summed E-state index contributed by atoms with van der Waals surface area (Å²) in [5.41, 5.74) is -0.123. The third-order valence-corrected chi connectivity index (χ3v) is 1.68. The molecule has 1 rings (SSSR count). The molecule has 1 heterocycles. The summed E-state index contributed by atoms with van der Waals surface area (Å²) in [6.07, 6.45) is 1.39. The zero-order valence-corrected chi connectivity index (χ0v) is 8.02. The molecule has 0 spiro atoms. The molecule has 0 saturated carbocycles. The zero-order chi connectivity index (χ0) is 10.6. The second-order valence-electron chi connectivity index (χ2n) is 2.30. The Morgan fingerprint density at radius 2 is 2.43 bits per heavy atom. The van der Waals surface area contributed by atoms with Crippen molar-refractivity contribution >= 4 is 23.3 Å². The van der Waals surface area contributed by atoms with Gasteiger partial charge in [-0.2, -0.15) is 0 Å². The number of ether oxygens (including phenoxy) is 1. The Bertz CT molecular complexity index is 379. The normalized spacial score (nSPS) is 11.1. The molecule has 0 radical (unpaired) electrons. The van der Waals surface area contributed by atoms with Gasteiger partial charge in [-0.3, -0.25) is 4.98 Å². The number of pyridine rings is 1. The van der Waals surface area contributed by atoms with Crippen LogP contribution in [0, 0.1) is 0 Å². The molecule has 0 saturated heterocycles. The summed E-state index contributed by atoms with van der Waals surface area (Å²) in [6, 6.07) is 2.94. The monoisotopic (exact) mass is 214 g/mol. The van der Waals surface area contributed by atoms with Gasteiger partial charge < -0.3 is 9.94 Å². The van der Waals surface area contributed by atoms with Crippen LogP contribution in [0.5, 0.6) is 0 Å². The molecule has 1 aromatic rings. The van der Waals surface area contributed by atoms with E-state index < -0.39 is 5.97 Å². The number of methoxy groups -OCH3 is 1. The van der Waals surface area contributed by atoms with Crippen LogP contribution in [-0.2, 0) is 9.53 Å². The van der Waals surface area contributed by atoms with E-state index in [9.17, 15) is 4.79 Å². The van der Waals surface area contributed by atoms with Crippen LogP contribution in [0.1, 0.15) is 5.69 Å². The van der Waals surface area contributed by atoms with Crippen LogP contribution in [0.3, 0.4) is 0 Å². The lowest BCUT2D eigenvalue weighted by atomic mass is 10.2. The van der Waals surface area contributed by atoms with Gasteiger partial charge in [0.15, 0.2) is 0 Å². The largest absolute Gasteiger partial charge is 0.464 e. The SMILES string of the molecule is COC(=O)/C(=N\O)c1cc(Cl)ccn1. The maximum Gasteiger partial charge on any atom is 0.362 e. The first-order valence-corrected chi connectivity index (χ1v) is 3.99. The summed E-state index contributed by atoms with van der Waals surface area (Å²) in [7, 11) is 1.18. The van der Waals surface area contributed by atoms with Crippen molar-refractivity contribution < 1.29 is 14.7 Å². The van der Waals surface area contributed by atoms with Crippen LogP contribution < -0.4 is 0 Å². The highest BCUT2D eigenvalue weighted by molar-refractivity contribution is 6.43. The molecule has 0 fully saturated rings. The molecular weight excluding hydrogens is 208 g/mol. The average Bonchev–Trinajstić information content (AvgIpc) is 2.19. The molecule has 0 atom stereocenters. The number of rotatable bonds is 2. The molecular formula is C8H7ClN2O3. The molecule has 0 amide bonds. The highest BCUT2D eigenvalue weighted by atomic mass is 35.5. The van der Waals surface area contributed by atoms with Crippen LogP contribution >= 0.6 is 11.6 Å². The van der Waals surface area contributed by atoms with E-state index in [-0.39, 0.29) is 11.4 Å². The number of nitrogens with zero attached hydrogens (tertiary/aromatic N) is 2. The van der Waals surface area contributed by atoms with Crippen molar-refractivity contribution in [2.75, 3.05) is 7.11 Å². The van der Waals surface area contributed by atoms with Gasteiger partial charge in [-0.05, 0) is 12.1 Å². The van der Waals surface area contributed by atoms with Gasteiger partial charge in [-0.25, -0.2) is 4.79 Å². The Kier molecular flexibility index (Phi) is 3.41. The van der Waals surface area contributed by atoms with Crippen LogP contribution in [0.2, 0.25) is 5.02 Å². The summed E-state index contributed by atoms with van der Waals surface area (Å²) >= 11 is 5.67. The molecule has 0 bridgehead atoms. The topological polar surface area (TPSA) is 71.8 Å². The molecule has 0 aliphatic heterocycles. The minimum absolute atomic E-state index is 0.159. The van der Waals surface area contributed by atoms with Crippen molar-refractivity contribution in [3.05, 3.63) is 29.0 Å². The predicted octanol–water partition coefficient (Wildman–Crippen LogP) is 1.09. The van der Waals surface area contributed by atoms with Gasteiger partial charge in [-0.15, -0.1) is 0 Å². The van der Waals surface area contributed by atoms with Gasteiger partial charge in [0.05, 0.1) is 7.11 Å². The van der Waals surface area contributed by atoms with Crippen LogP contribution in [0.4, 0.5) is 0 Å². The molecule has 5 nitrogen and oxygen atoms in total. The van der Waals surface area contributed by atoms with E-state index in [1.165, 1.54) is 25.4 Å². The first-order valence-electron chi connectivity index (χ1n) is 3.61. The van der Waals surface area contributed by atoms with E-state index in [1.807, 2.05) is 0 Å². The number of hydrogen-bond donors (Lipinski definition) is 1. The third kappa shape index (κ3) is 2.20. The second-order valence-corrected chi connectivity index (χ2v) is 2.74. The quantitative estimate of drug-likeness (QED) is 0.346. The molecule has 1 aromatic heterocycles. The maximum atomic E-state index is 11.1. The molecule has 1 N–H and O–H groups in total. The van der Waals surface area contributed by atoms with Crippen molar-refractivity contribution in [2.45, 2.75) is 0 Å². The summed E-state index contributed by atoms with van der Waals surface area (Å²) in [6.45, 7) is 0. The molecule has 0 unspecified atom stereocenters. The molecule has 6 heteroatoms. The van der Waals surface area contributed by atoms with E-state index in [1.54, 1.807) is 0 Å². The van der Waals surface area contributed by atoms with Gasteiger partial charge in [0.1, 0.15) is 5.69 Å². The van der Waals surface area contributed by atoms with Crippen LogP contribution in [-0.4, -0.2) is 29.0 Å². The lowest BCUT2D eigenvalue weighted by molar-refractivity contribution is -0.132. The third-order valence-electron chi connectivity index (χ3n) is 1.44. The summed E-state index contributed by atoms with van der Waals surface area (Å²) in [5, 5.41) is 11.8. The Balaban J connectivity index is 3.08. The van der Waals surface area contributed by atoms with Gasteiger partial charge in [-0.1, -0.05) is 16.8 Å². The van der Waals surface area contributed by atoms with E-state index >= 15 is 0 Å². The smallest absolute Gasteiger partial charge is 0.362 e. The predicted molar refractivity (Wildman–Crippen MR) is 49.6 cm³/mol. The van der Waals surface area contributed by atoms with Crippen molar-refractivity contribution in [1.82, 2.24) is 4.98 Å². The van der Waals surface area contributed by atoms with Gasteiger partial charge in [0.2, 0.25) is 5.71 Å². The molecule has 14 heavy (non-hydrogen) atoms. The molecule has 0 aliphatic carbocycles. The Morgan fingerprint density at radius 1 is 1.71 bits per heavy atom. The highest BCUT2D eigenvalue weighted by Gasteiger charge is 2.16. The van der Waals surface area contributed by atoms with Gasteiger partial charge in [0.25, 0.3) is 0 Å². The first-order chi connectivity index (χ1) is 6.69. The number of aromatic nitrogens is 1. The maximum absolute atomic E-state index is 11.1. The number of oxime groups is 1. The molecule has 74 valence electrons. The Morgan fingerprint density at radius 3 is 2.93 bits per heavy atom. The fraction of sp³-hybridized carbons (Fsp3) is 0.125. The molecule has 0 aromatic carbocycles. The minimum atomic E-state index is -0.776. The summed E-state index contributed by atoms with van der Waals surface area (Å²) < 4.78 is 4.38. The summed E-state index contributed by atoms with van der Waals surface area (Å²) in [4.78, 5) is 14.9. The van der Waals surface area contributed by atoms with Gasteiger partial charge >= 0.3 is 5.97 Å². The second kappa shape index (κ2) is 4.57. The standard InChI is InChI=1S/C8H7ClN2O3/c1-14-8(12)7(11-13)6-4-5(9)2-3-10-6/h2-4,13H,1H3/b11-7-. The highest BCUT2D eigenvalue weighted by Crippen LogP contribution is 2.09. The van der Waals surface area contributed by atoms with E-state index in [0.29, 0.717) is 5.02 Å². The van der Waals surface area contributed by atoms with Crippen molar-refractivity contribution in [1.29, 1.82) is 0 Å². The van der Waals surface area contributed by atoms with Crippen molar-refractivity contribution in [3.8, 4) is 0 Å². The van der Waals surface area contributed by atoms with Crippen LogP contribution in [0.15, 0.2) is 23.5 Å². The number of hydrogen-bond acceptors (Lipinski definition) is 5. The van der Waals surface area contributed by atoms with E-state index in [2.05, 4.69) is 14.9 Å². The Hall–Kier alpha value is -1.62. The fourth-order valence-electron chi connectivity index (χ4n) is 0.828. The fourth-order valence-corrected chi connectivity index (χ4v) is 0.987. The van der Waals surface area contributed by atoms with Crippen molar-refractivity contribution in [3.63, 3.8) is 0 Å².